The van der Waals surface area contributed by atoms with Crippen molar-refractivity contribution in [2.24, 2.45) is 11.3 Å². The lowest BCUT2D eigenvalue weighted by Gasteiger charge is -2.49. The Hall–Kier alpha value is -0.120. The first-order valence-corrected chi connectivity index (χ1v) is 6.10. The van der Waals surface area contributed by atoms with Gasteiger partial charge in [-0.25, -0.2) is 0 Å². The fourth-order valence-corrected chi connectivity index (χ4v) is 2.52. The molecule has 0 spiro atoms. The van der Waals surface area contributed by atoms with Crippen molar-refractivity contribution in [2.45, 2.75) is 45.3 Å². The third kappa shape index (κ3) is 2.35. The number of aliphatic hydroxyl groups is 1. The largest absolute Gasteiger partial charge is 0.392 e. The standard InChI is InChI=1S/C12H23NO2/c1-12(2)10(7-11(12)14)13-5-3-9-4-6-15-8-9/h9-11,13-14H,3-8H2,1-2H3. The average molecular weight is 213 g/mol. The summed E-state index contributed by atoms with van der Waals surface area (Å²) in [6.07, 6.45) is 3.22. The van der Waals surface area contributed by atoms with Gasteiger partial charge in [-0.3, -0.25) is 0 Å². The van der Waals surface area contributed by atoms with Crippen LogP contribution in [0.2, 0.25) is 0 Å². The molecule has 0 aromatic heterocycles. The van der Waals surface area contributed by atoms with Gasteiger partial charge in [0.15, 0.2) is 0 Å². The van der Waals surface area contributed by atoms with Crippen LogP contribution < -0.4 is 5.32 Å². The Balaban J connectivity index is 1.62. The Kier molecular flexibility index (Phi) is 3.33. The first kappa shape index (κ1) is 11.4. The zero-order valence-electron chi connectivity index (χ0n) is 9.83. The molecule has 15 heavy (non-hydrogen) atoms. The Morgan fingerprint density at radius 3 is 2.80 bits per heavy atom. The number of ether oxygens (including phenoxy) is 1. The van der Waals surface area contributed by atoms with Crippen molar-refractivity contribution >= 4 is 0 Å². The van der Waals surface area contributed by atoms with E-state index in [1.807, 2.05) is 0 Å². The van der Waals surface area contributed by atoms with Gasteiger partial charge in [0.2, 0.25) is 0 Å². The van der Waals surface area contributed by atoms with Gasteiger partial charge in [0.05, 0.1) is 6.10 Å². The predicted octanol–water partition coefficient (Wildman–Crippen LogP) is 1.16. The second-order valence-corrected chi connectivity index (χ2v) is 5.60. The zero-order valence-corrected chi connectivity index (χ0v) is 9.83. The van der Waals surface area contributed by atoms with E-state index in [4.69, 9.17) is 4.74 Å². The van der Waals surface area contributed by atoms with Crippen LogP contribution in [0.25, 0.3) is 0 Å². The molecule has 3 nitrogen and oxygen atoms in total. The number of hydrogen-bond donors (Lipinski definition) is 2. The molecule has 1 aliphatic carbocycles. The summed E-state index contributed by atoms with van der Waals surface area (Å²) in [5.41, 5.74) is 0.0617. The molecule has 88 valence electrons. The Morgan fingerprint density at radius 2 is 2.27 bits per heavy atom. The summed E-state index contributed by atoms with van der Waals surface area (Å²) in [5.74, 6) is 0.755. The molecular weight excluding hydrogens is 190 g/mol. The summed E-state index contributed by atoms with van der Waals surface area (Å²) < 4.78 is 5.35. The highest BCUT2D eigenvalue weighted by molar-refractivity contribution is 5.01. The van der Waals surface area contributed by atoms with Crippen LogP contribution >= 0.6 is 0 Å². The van der Waals surface area contributed by atoms with Crippen molar-refractivity contribution in [3.05, 3.63) is 0 Å². The zero-order chi connectivity index (χ0) is 10.9. The van der Waals surface area contributed by atoms with Gasteiger partial charge in [-0.2, -0.15) is 0 Å². The van der Waals surface area contributed by atoms with Gasteiger partial charge in [-0.1, -0.05) is 13.8 Å². The highest BCUT2D eigenvalue weighted by Crippen LogP contribution is 2.40. The lowest BCUT2D eigenvalue weighted by atomic mass is 9.64. The van der Waals surface area contributed by atoms with Crippen molar-refractivity contribution in [2.75, 3.05) is 19.8 Å². The molecule has 1 saturated heterocycles. The summed E-state index contributed by atoms with van der Waals surface area (Å²) >= 11 is 0. The molecule has 0 bridgehead atoms. The number of hydrogen-bond acceptors (Lipinski definition) is 3. The maximum Gasteiger partial charge on any atom is 0.0621 e. The first-order chi connectivity index (χ1) is 7.10. The molecule has 3 atom stereocenters. The van der Waals surface area contributed by atoms with Crippen LogP contribution in [0.15, 0.2) is 0 Å². The van der Waals surface area contributed by atoms with Crippen molar-refractivity contribution in [1.29, 1.82) is 0 Å². The highest BCUT2D eigenvalue weighted by atomic mass is 16.5. The maximum atomic E-state index is 9.60. The minimum atomic E-state index is -0.121. The maximum absolute atomic E-state index is 9.60. The topological polar surface area (TPSA) is 41.5 Å². The van der Waals surface area contributed by atoms with Crippen LogP contribution in [0.4, 0.5) is 0 Å². The smallest absolute Gasteiger partial charge is 0.0621 e. The summed E-state index contributed by atoms with van der Waals surface area (Å²) in [4.78, 5) is 0. The third-order valence-electron chi connectivity index (χ3n) is 4.18. The molecule has 1 heterocycles. The van der Waals surface area contributed by atoms with E-state index in [2.05, 4.69) is 19.2 Å². The second-order valence-electron chi connectivity index (χ2n) is 5.60. The van der Waals surface area contributed by atoms with Crippen LogP contribution in [0, 0.1) is 11.3 Å². The summed E-state index contributed by atoms with van der Waals surface area (Å²) in [5, 5.41) is 13.1. The summed E-state index contributed by atoms with van der Waals surface area (Å²) in [6.45, 7) is 7.22. The number of nitrogens with one attached hydrogen (secondary N) is 1. The van der Waals surface area contributed by atoms with E-state index < -0.39 is 0 Å². The van der Waals surface area contributed by atoms with E-state index in [-0.39, 0.29) is 11.5 Å². The van der Waals surface area contributed by atoms with Crippen LogP contribution in [0.5, 0.6) is 0 Å². The normalized spacial score (nSPS) is 39.0. The van der Waals surface area contributed by atoms with E-state index in [1.165, 1.54) is 12.8 Å². The molecule has 3 heteroatoms. The SMILES string of the molecule is CC1(C)C(O)CC1NCCC1CCOC1. The molecule has 2 aliphatic rings. The van der Waals surface area contributed by atoms with Crippen molar-refractivity contribution in [3.8, 4) is 0 Å². The Labute approximate surface area is 92.2 Å². The van der Waals surface area contributed by atoms with Gasteiger partial charge in [0.1, 0.15) is 0 Å². The molecule has 0 radical (unpaired) electrons. The predicted molar refractivity (Wildman–Crippen MR) is 59.7 cm³/mol. The van der Waals surface area contributed by atoms with Crippen LogP contribution in [0.3, 0.4) is 0 Å². The summed E-state index contributed by atoms with van der Waals surface area (Å²) in [7, 11) is 0. The van der Waals surface area contributed by atoms with Gasteiger partial charge >= 0.3 is 0 Å². The second kappa shape index (κ2) is 4.40. The van der Waals surface area contributed by atoms with E-state index in [0.717, 1.165) is 32.1 Å². The van der Waals surface area contributed by atoms with Gasteiger partial charge in [-0.15, -0.1) is 0 Å². The summed E-state index contributed by atoms with van der Waals surface area (Å²) in [6, 6.07) is 0.495. The monoisotopic (exact) mass is 213 g/mol. The van der Waals surface area contributed by atoms with Crippen LogP contribution in [0.1, 0.15) is 33.1 Å². The Morgan fingerprint density at radius 1 is 1.47 bits per heavy atom. The molecule has 2 rings (SSSR count). The van der Waals surface area contributed by atoms with Gasteiger partial charge in [-0.05, 0) is 31.7 Å². The van der Waals surface area contributed by atoms with Crippen LogP contribution in [-0.2, 0) is 4.74 Å². The van der Waals surface area contributed by atoms with E-state index in [9.17, 15) is 5.11 Å². The van der Waals surface area contributed by atoms with E-state index >= 15 is 0 Å². The quantitative estimate of drug-likeness (QED) is 0.736. The minimum Gasteiger partial charge on any atom is -0.392 e. The molecule has 0 aromatic rings. The minimum absolute atomic E-state index is 0.0617. The average Bonchev–Trinajstić information content (AvgIpc) is 2.69. The molecule has 2 N–H and O–H groups in total. The molecule has 3 unspecified atom stereocenters. The fraction of sp³-hybridized carbons (Fsp3) is 1.00. The van der Waals surface area contributed by atoms with E-state index in [1.54, 1.807) is 0 Å². The highest BCUT2D eigenvalue weighted by Gasteiger charge is 2.46. The van der Waals surface area contributed by atoms with Gasteiger partial charge in [0.25, 0.3) is 0 Å². The van der Waals surface area contributed by atoms with E-state index in [0.29, 0.717) is 6.04 Å². The molecule has 1 aliphatic heterocycles. The van der Waals surface area contributed by atoms with Gasteiger partial charge in [0, 0.05) is 24.7 Å². The number of rotatable bonds is 4. The molecule has 2 fully saturated rings. The molecule has 1 saturated carbocycles. The molecule has 0 aromatic carbocycles. The van der Waals surface area contributed by atoms with Crippen LogP contribution in [-0.4, -0.2) is 37.0 Å². The lowest BCUT2D eigenvalue weighted by molar-refractivity contribution is -0.0725. The molecular formula is C12H23NO2. The molecule has 0 amide bonds. The van der Waals surface area contributed by atoms with Crippen molar-refractivity contribution in [1.82, 2.24) is 5.32 Å². The fourth-order valence-electron chi connectivity index (χ4n) is 2.52. The lowest BCUT2D eigenvalue weighted by Crippen LogP contribution is -2.60. The van der Waals surface area contributed by atoms with Crippen molar-refractivity contribution in [3.63, 3.8) is 0 Å². The van der Waals surface area contributed by atoms with Gasteiger partial charge < -0.3 is 15.2 Å². The first-order valence-electron chi connectivity index (χ1n) is 6.10. The third-order valence-corrected chi connectivity index (χ3v) is 4.18. The van der Waals surface area contributed by atoms with Crippen molar-refractivity contribution < 1.29 is 9.84 Å². The Bertz CT molecular complexity index is 212. The number of aliphatic hydroxyl groups excluding tert-OH is 1.